The van der Waals surface area contributed by atoms with Gasteiger partial charge in [-0.25, -0.2) is 4.98 Å². The summed E-state index contributed by atoms with van der Waals surface area (Å²) in [6.07, 6.45) is 0.907. The molecule has 1 aromatic carbocycles. The molecule has 0 atom stereocenters. The Hall–Kier alpha value is -1.91. The highest BCUT2D eigenvalue weighted by atomic mass is 32.1. The zero-order chi connectivity index (χ0) is 13.8. The molecule has 4 heteroatoms. The maximum absolute atomic E-state index is 5.81. The molecule has 3 rings (SSSR count). The molecule has 0 amide bonds. The fourth-order valence-corrected chi connectivity index (χ4v) is 2.86. The summed E-state index contributed by atoms with van der Waals surface area (Å²) in [5, 5.41) is 3.18. The minimum atomic E-state index is 0.490. The van der Waals surface area contributed by atoms with Gasteiger partial charge in [0.25, 0.3) is 0 Å². The van der Waals surface area contributed by atoms with Gasteiger partial charge in [-0.15, -0.1) is 11.3 Å². The van der Waals surface area contributed by atoms with Crippen molar-refractivity contribution in [1.29, 1.82) is 0 Å². The number of nitrogens with two attached hydrogens (primary N) is 1. The standard InChI is InChI=1S/C16H16N2OS/c17-11-12-10-16(18-15-6-2-1-5-14(12)15)19-8-7-13-4-3-9-20-13/h1-6,9-10H,7-8,11,17H2. The number of ether oxygens (including phenoxy) is 1. The Balaban J connectivity index is 1.77. The number of aromatic nitrogens is 1. The van der Waals surface area contributed by atoms with Gasteiger partial charge in [0.2, 0.25) is 5.88 Å². The van der Waals surface area contributed by atoms with Crippen LogP contribution in [0.2, 0.25) is 0 Å². The second-order valence-corrected chi connectivity index (χ2v) is 5.55. The molecule has 0 radical (unpaired) electrons. The monoisotopic (exact) mass is 284 g/mol. The molecule has 2 N–H and O–H groups in total. The van der Waals surface area contributed by atoms with E-state index in [1.807, 2.05) is 30.3 Å². The van der Waals surface area contributed by atoms with E-state index < -0.39 is 0 Å². The van der Waals surface area contributed by atoms with Crippen molar-refractivity contribution in [3.63, 3.8) is 0 Å². The summed E-state index contributed by atoms with van der Waals surface area (Å²) in [5.41, 5.74) is 7.81. The minimum absolute atomic E-state index is 0.490. The number of benzene rings is 1. The number of hydrogen-bond donors (Lipinski definition) is 1. The number of fused-ring (bicyclic) bond motifs is 1. The molecule has 20 heavy (non-hydrogen) atoms. The number of rotatable bonds is 5. The molecule has 0 saturated carbocycles. The Labute approximate surface area is 122 Å². The van der Waals surface area contributed by atoms with Gasteiger partial charge in [0.05, 0.1) is 12.1 Å². The normalized spacial score (nSPS) is 10.8. The van der Waals surface area contributed by atoms with Crippen LogP contribution in [0, 0.1) is 0 Å². The van der Waals surface area contributed by atoms with Crippen LogP contribution in [0.5, 0.6) is 5.88 Å². The molecule has 0 aliphatic rings. The van der Waals surface area contributed by atoms with Crippen LogP contribution in [0.25, 0.3) is 10.9 Å². The van der Waals surface area contributed by atoms with E-state index in [0.29, 0.717) is 19.0 Å². The molecule has 0 unspecified atom stereocenters. The first-order valence-electron chi connectivity index (χ1n) is 6.61. The molecule has 0 aliphatic carbocycles. The van der Waals surface area contributed by atoms with Crippen molar-refractivity contribution >= 4 is 22.2 Å². The molecular formula is C16H16N2OS. The SMILES string of the molecule is NCc1cc(OCCc2cccs2)nc2ccccc12. The van der Waals surface area contributed by atoms with Gasteiger partial charge in [0, 0.05) is 29.3 Å². The highest BCUT2D eigenvalue weighted by molar-refractivity contribution is 7.09. The lowest BCUT2D eigenvalue weighted by atomic mass is 10.1. The maximum Gasteiger partial charge on any atom is 0.214 e. The minimum Gasteiger partial charge on any atom is -0.477 e. The van der Waals surface area contributed by atoms with Crippen LogP contribution in [-0.2, 0) is 13.0 Å². The molecule has 0 fully saturated rings. The van der Waals surface area contributed by atoms with Crippen molar-refractivity contribution < 1.29 is 4.74 Å². The molecule has 0 bridgehead atoms. The summed E-state index contributed by atoms with van der Waals surface area (Å²) in [4.78, 5) is 5.85. The average molecular weight is 284 g/mol. The molecule has 102 valence electrons. The highest BCUT2D eigenvalue weighted by Crippen LogP contribution is 2.22. The first-order chi connectivity index (χ1) is 9.86. The average Bonchev–Trinajstić information content (AvgIpc) is 2.99. The largest absolute Gasteiger partial charge is 0.477 e. The fraction of sp³-hybridized carbons (Fsp3) is 0.188. The van der Waals surface area contributed by atoms with E-state index in [4.69, 9.17) is 10.5 Å². The zero-order valence-corrected chi connectivity index (χ0v) is 11.9. The van der Waals surface area contributed by atoms with Gasteiger partial charge in [-0.1, -0.05) is 24.3 Å². The van der Waals surface area contributed by atoms with Crippen molar-refractivity contribution in [3.05, 3.63) is 58.3 Å². The van der Waals surface area contributed by atoms with Gasteiger partial charge in [-0.2, -0.15) is 0 Å². The number of pyridine rings is 1. The quantitative estimate of drug-likeness (QED) is 0.781. The molecule has 0 aliphatic heterocycles. The summed E-state index contributed by atoms with van der Waals surface area (Å²) < 4.78 is 5.77. The lowest BCUT2D eigenvalue weighted by Crippen LogP contribution is -2.04. The van der Waals surface area contributed by atoms with Crippen LogP contribution in [0.15, 0.2) is 47.8 Å². The van der Waals surface area contributed by atoms with Crippen LogP contribution in [-0.4, -0.2) is 11.6 Å². The van der Waals surface area contributed by atoms with E-state index in [1.54, 1.807) is 11.3 Å². The summed E-state index contributed by atoms with van der Waals surface area (Å²) in [5.74, 6) is 0.653. The van der Waals surface area contributed by atoms with Gasteiger partial charge in [-0.05, 0) is 23.1 Å². The van der Waals surface area contributed by atoms with Gasteiger partial charge in [0.1, 0.15) is 0 Å². The van der Waals surface area contributed by atoms with Gasteiger partial charge >= 0.3 is 0 Å². The highest BCUT2D eigenvalue weighted by Gasteiger charge is 2.05. The van der Waals surface area contributed by atoms with Crippen molar-refractivity contribution in [2.24, 2.45) is 5.73 Å². The topological polar surface area (TPSA) is 48.1 Å². The molecular weight excluding hydrogens is 268 g/mol. The lowest BCUT2D eigenvalue weighted by molar-refractivity contribution is 0.311. The Morgan fingerprint density at radius 3 is 2.85 bits per heavy atom. The predicted molar refractivity (Wildman–Crippen MR) is 83.2 cm³/mol. The first kappa shape index (κ1) is 13.1. The summed E-state index contributed by atoms with van der Waals surface area (Å²) in [6, 6.07) is 14.1. The third kappa shape index (κ3) is 2.81. The smallest absolute Gasteiger partial charge is 0.214 e. The molecule has 0 spiro atoms. The van der Waals surface area contributed by atoms with Gasteiger partial charge in [-0.3, -0.25) is 0 Å². The lowest BCUT2D eigenvalue weighted by Gasteiger charge is -2.09. The van der Waals surface area contributed by atoms with Crippen molar-refractivity contribution in [2.75, 3.05) is 6.61 Å². The summed E-state index contributed by atoms with van der Waals surface area (Å²) in [6.45, 7) is 1.13. The molecule has 0 saturated heterocycles. The molecule has 2 heterocycles. The number of para-hydroxylation sites is 1. The predicted octanol–water partition coefficient (Wildman–Crippen LogP) is 3.38. The zero-order valence-electron chi connectivity index (χ0n) is 11.1. The Bertz CT molecular complexity index is 695. The third-order valence-corrected chi connectivity index (χ3v) is 4.11. The maximum atomic E-state index is 5.81. The van der Waals surface area contributed by atoms with E-state index in [-0.39, 0.29) is 0 Å². The molecule has 2 aromatic heterocycles. The van der Waals surface area contributed by atoms with E-state index in [0.717, 1.165) is 22.9 Å². The third-order valence-electron chi connectivity index (χ3n) is 3.18. The first-order valence-corrected chi connectivity index (χ1v) is 7.48. The van der Waals surface area contributed by atoms with Crippen molar-refractivity contribution in [2.45, 2.75) is 13.0 Å². The van der Waals surface area contributed by atoms with Crippen LogP contribution in [0.3, 0.4) is 0 Å². The summed E-state index contributed by atoms with van der Waals surface area (Å²) >= 11 is 1.75. The van der Waals surface area contributed by atoms with Crippen LogP contribution >= 0.6 is 11.3 Å². The molecule has 3 aromatic rings. The summed E-state index contributed by atoms with van der Waals surface area (Å²) in [7, 11) is 0. The van der Waals surface area contributed by atoms with Gasteiger partial charge in [0.15, 0.2) is 0 Å². The van der Waals surface area contributed by atoms with Gasteiger partial charge < -0.3 is 10.5 Å². The van der Waals surface area contributed by atoms with E-state index >= 15 is 0 Å². The fourth-order valence-electron chi connectivity index (χ4n) is 2.17. The Morgan fingerprint density at radius 2 is 2.05 bits per heavy atom. The number of thiophene rings is 1. The van der Waals surface area contributed by atoms with E-state index in [9.17, 15) is 0 Å². The second-order valence-electron chi connectivity index (χ2n) is 4.52. The number of nitrogens with zero attached hydrogens (tertiary/aromatic N) is 1. The van der Waals surface area contributed by atoms with Crippen molar-refractivity contribution in [1.82, 2.24) is 4.98 Å². The Kier molecular flexibility index (Phi) is 3.95. The second kappa shape index (κ2) is 6.03. The molecule has 3 nitrogen and oxygen atoms in total. The van der Waals surface area contributed by atoms with Crippen LogP contribution in [0.4, 0.5) is 0 Å². The Morgan fingerprint density at radius 1 is 1.15 bits per heavy atom. The van der Waals surface area contributed by atoms with Crippen LogP contribution < -0.4 is 10.5 Å². The van der Waals surface area contributed by atoms with E-state index in [1.165, 1.54) is 4.88 Å². The van der Waals surface area contributed by atoms with Crippen LogP contribution in [0.1, 0.15) is 10.4 Å². The van der Waals surface area contributed by atoms with Crippen molar-refractivity contribution in [3.8, 4) is 5.88 Å². The number of hydrogen-bond acceptors (Lipinski definition) is 4. The van der Waals surface area contributed by atoms with E-state index in [2.05, 4.69) is 22.5 Å².